The Morgan fingerprint density at radius 3 is 2.76 bits per heavy atom. The molecule has 0 saturated heterocycles. The van der Waals surface area contributed by atoms with Crippen LogP contribution in [0.2, 0.25) is 0 Å². The number of hydrogen-bond donors (Lipinski definition) is 2. The molecule has 90 valence electrons. The van der Waals surface area contributed by atoms with Crippen molar-refractivity contribution in [2.45, 2.75) is 19.4 Å². The molecule has 0 amide bonds. The molecule has 0 aliphatic carbocycles. The fraction of sp³-hybridized carbons (Fsp3) is 0.250. The van der Waals surface area contributed by atoms with Gasteiger partial charge in [-0.25, -0.2) is 4.98 Å². The zero-order valence-electron chi connectivity index (χ0n) is 9.70. The molecule has 0 radical (unpaired) electrons. The van der Waals surface area contributed by atoms with Crippen LogP contribution in [-0.4, -0.2) is 4.98 Å². The van der Waals surface area contributed by atoms with Crippen LogP contribution in [0.5, 0.6) is 0 Å². The lowest BCUT2D eigenvalue weighted by atomic mass is 10.1. The van der Waals surface area contributed by atoms with Crippen molar-refractivity contribution in [3.8, 4) is 0 Å². The van der Waals surface area contributed by atoms with Gasteiger partial charge in [0.2, 0.25) is 0 Å². The standard InChI is InChI=1S/C12H14IN3S/c1-12(2,11-15-5-6-17-11)16-10-4-3-8(14)7-9(10)13/h3-7,16H,14H2,1-2H3. The molecule has 0 atom stereocenters. The number of anilines is 2. The van der Waals surface area contributed by atoms with Gasteiger partial charge in [-0.1, -0.05) is 0 Å². The summed E-state index contributed by atoms with van der Waals surface area (Å²) >= 11 is 3.94. The van der Waals surface area contributed by atoms with Gasteiger partial charge in [-0.3, -0.25) is 0 Å². The second-order valence-corrected chi connectivity index (χ2v) is 6.38. The zero-order chi connectivity index (χ0) is 12.5. The maximum Gasteiger partial charge on any atom is 0.117 e. The van der Waals surface area contributed by atoms with E-state index in [2.05, 4.69) is 46.7 Å². The molecular formula is C12H14IN3S. The minimum Gasteiger partial charge on any atom is -0.399 e. The number of thiazole rings is 1. The SMILES string of the molecule is CC(C)(Nc1ccc(N)cc1I)c1nccs1. The molecule has 0 aliphatic heterocycles. The first-order chi connectivity index (χ1) is 7.99. The van der Waals surface area contributed by atoms with Crippen LogP contribution in [0.1, 0.15) is 18.9 Å². The van der Waals surface area contributed by atoms with E-state index in [0.717, 1.165) is 20.0 Å². The molecule has 3 N–H and O–H groups in total. The van der Waals surface area contributed by atoms with Gasteiger partial charge in [0.1, 0.15) is 5.01 Å². The lowest BCUT2D eigenvalue weighted by Crippen LogP contribution is -2.28. The summed E-state index contributed by atoms with van der Waals surface area (Å²) in [5.74, 6) is 0. The van der Waals surface area contributed by atoms with Crippen molar-refractivity contribution in [3.63, 3.8) is 0 Å². The average molecular weight is 359 g/mol. The Morgan fingerprint density at radius 2 is 2.18 bits per heavy atom. The summed E-state index contributed by atoms with van der Waals surface area (Å²) in [6.45, 7) is 4.25. The Hall–Kier alpha value is -0.820. The normalized spacial score (nSPS) is 11.5. The third-order valence-corrected chi connectivity index (χ3v) is 4.40. The number of nitrogens with zero attached hydrogens (tertiary/aromatic N) is 1. The van der Waals surface area contributed by atoms with E-state index < -0.39 is 0 Å². The molecule has 5 heteroatoms. The number of nitrogens with two attached hydrogens (primary N) is 1. The van der Waals surface area contributed by atoms with E-state index in [1.807, 2.05) is 29.8 Å². The highest BCUT2D eigenvalue weighted by Gasteiger charge is 2.23. The Morgan fingerprint density at radius 1 is 1.41 bits per heavy atom. The van der Waals surface area contributed by atoms with Gasteiger partial charge in [-0.05, 0) is 54.6 Å². The molecule has 0 saturated carbocycles. The molecule has 0 spiro atoms. The first-order valence-corrected chi connectivity index (χ1v) is 7.18. The number of aromatic nitrogens is 1. The summed E-state index contributed by atoms with van der Waals surface area (Å²) in [5.41, 5.74) is 7.43. The summed E-state index contributed by atoms with van der Waals surface area (Å²) in [5, 5.41) is 6.57. The van der Waals surface area contributed by atoms with E-state index in [1.165, 1.54) is 0 Å². The van der Waals surface area contributed by atoms with Crippen molar-refractivity contribution < 1.29 is 0 Å². The van der Waals surface area contributed by atoms with Crippen molar-refractivity contribution >= 4 is 45.3 Å². The minimum absolute atomic E-state index is 0.176. The van der Waals surface area contributed by atoms with Gasteiger partial charge in [0.05, 0.1) is 5.54 Å². The van der Waals surface area contributed by atoms with Crippen LogP contribution in [0.4, 0.5) is 11.4 Å². The highest BCUT2D eigenvalue weighted by molar-refractivity contribution is 14.1. The number of nitrogen functional groups attached to an aromatic ring is 1. The predicted octanol–water partition coefficient (Wildman–Crippen LogP) is 3.68. The van der Waals surface area contributed by atoms with E-state index >= 15 is 0 Å². The van der Waals surface area contributed by atoms with Crippen LogP contribution in [-0.2, 0) is 5.54 Å². The lowest BCUT2D eigenvalue weighted by molar-refractivity contribution is 0.604. The smallest absolute Gasteiger partial charge is 0.117 e. The molecule has 0 fully saturated rings. The first kappa shape index (κ1) is 12.6. The van der Waals surface area contributed by atoms with E-state index in [9.17, 15) is 0 Å². The van der Waals surface area contributed by atoms with Gasteiger partial charge >= 0.3 is 0 Å². The second kappa shape index (κ2) is 4.81. The topological polar surface area (TPSA) is 50.9 Å². The molecule has 0 bridgehead atoms. The summed E-state index contributed by atoms with van der Waals surface area (Å²) in [6, 6.07) is 5.87. The monoisotopic (exact) mass is 359 g/mol. The van der Waals surface area contributed by atoms with Gasteiger partial charge in [0.15, 0.2) is 0 Å². The number of rotatable bonds is 3. The van der Waals surface area contributed by atoms with Crippen molar-refractivity contribution in [2.24, 2.45) is 0 Å². The van der Waals surface area contributed by atoms with Gasteiger partial charge in [0.25, 0.3) is 0 Å². The summed E-state index contributed by atoms with van der Waals surface area (Å²) in [4.78, 5) is 4.36. The molecule has 0 unspecified atom stereocenters. The van der Waals surface area contributed by atoms with Gasteiger partial charge < -0.3 is 11.1 Å². The molecule has 1 aromatic carbocycles. The molecule has 0 aliphatic rings. The van der Waals surface area contributed by atoms with Crippen LogP contribution in [0.15, 0.2) is 29.8 Å². The van der Waals surface area contributed by atoms with Crippen molar-refractivity contribution in [3.05, 3.63) is 38.4 Å². The molecule has 1 heterocycles. The number of nitrogens with one attached hydrogen (secondary N) is 1. The number of hydrogen-bond acceptors (Lipinski definition) is 4. The molecular weight excluding hydrogens is 345 g/mol. The molecule has 2 aromatic rings. The summed E-state index contributed by atoms with van der Waals surface area (Å²) in [7, 11) is 0. The van der Waals surface area contributed by atoms with E-state index in [0.29, 0.717) is 0 Å². The molecule has 17 heavy (non-hydrogen) atoms. The Kier molecular flexibility index (Phi) is 3.58. The quantitative estimate of drug-likeness (QED) is 0.649. The summed E-state index contributed by atoms with van der Waals surface area (Å²) in [6.07, 6.45) is 1.83. The summed E-state index contributed by atoms with van der Waals surface area (Å²) < 4.78 is 1.12. The zero-order valence-corrected chi connectivity index (χ0v) is 12.7. The van der Waals surface area contributed by atoms with Crippen LogP contribution in [0, 0.1) is 3.57 Å². The van der Waals surface area contributed by atoms with E-state index in [-0.39, 0.29) is 5.54 Å². The predicted molar refractivity (Wildman–Crippen MR) is 82.3 cm³/mol. The molecule has 2 rings (SSSR count). The first-order valence-electron chi connectivity index (χ1n) is 5.22. The Bertz CT molecular complexity index is 508. The van der Waals surface area contributed by atoms with Crippen LogP contribution in [0.25, 0.3) is 0 Å². The molecule has 1 aromatic heterocycles. The Balaban J connectivity index is 2.26. The van der Waals surface area contributed by atoms with E-state index in [4.69, 9.17) is 5.73 Å². The van der Waals surface area contributed by atoms with Gasteiger partial charge in [0, 0.05) is 26.5 Å². The van der Waals surface area contributed by atoms with Crippen LogP contribution in [0.3, 0.4) is 0 Å². The maximum atomic E-state index is 5.74. The van der Waals surface area contributed by atoms with E-state index in [1.54, 1.807) is 11.3 Å². The number of benzene rings is 1. The Labute approximate surface area is 119 Å². The van der Waals surface area contributed by atoms with Gasteiger partial charge in [-0.15, -0.1) is 11.3 Å². The van der Waals surface area contributed by atoms with Gasteiger partial charge in [-0.2, -0.15) is 0 Å². The fourth-order valence-electron chi connectivity index (χ4n) is 1.55. The molecule has 3 nitrogen and oxygen atoms in total. The second-order valence-electron chi connectivity index (χ2n) is 4.33. The highest BCUT2D eigenvalue weighted by Crippen LogP contribution is 2.30. The number of halogens is 1. The van der Waals surface area contributed by atoms with Crippen molar-refractivity contribution in [2.75, 3.05) is 11.1 Å². The van der Waals surface area contributed by atoms with Crippen molar-refractivity contribution in [1.29, 1.82) is 0 Å². The maximum absolute atomic E-state index is 5.74. The van der Waals surface area contributed by atoms with Crippen LogP contribution < -0.4 is 11.1 Å². The van der Waals surface area contributed by atoms with Crippen molar-refractivity contribution in [1.82, 2.24) is 4.98 Å². The average Bonchev–Trinajstić information content (AvgIpc) is 2.76. The third-order valence-electron chi connectivity index (χ3n) is 2.41. The third kappa shape index (κ3) is 2.90. The minimum atomic E-state index is -0.176. The highest BCUT2D eigenvalue weighted by atomic mass is 127. The largest absolute Gasteiger partial charge is 0.399 e. The lowest BCUT2D eigenvalue weighted by Gasteiger charge is -2.26. The fourth-order valence-corrected chi connectivity index (χ4v) is 2.95. The van der Waals surface area contributed by atoms with Crippen LogP contribution >= 0.6 is 33.9 Å².